The highest BCUT2D eigenvalue weighted by Crippen LogP contribution is 2.16. The molecule has 8 heteroatoms. The van der Waals surface area contributed by atoms with Crippen LogP contribution in [0.1, 0.15) is 19.3 Å². The number of hydrogen-bond acceptors (Lipinski definition) is 4. The number of amides is 2. The first-order valence-electron chi connectivity index (χ1n) is 6.26. The number of hydrogen-bond donors (Lipinski definition) is 5. The Balaban J connectivity index is 2.54. The van der Waals surface area contributed by atoms with Crippen LogP contribution in [0.3, 0.4) is 0 Å². The molecule has 2 amide bonds. The largest absolute Gasteiger partial charge is 0.481 e. The van der Waals surface area contributed by atoms with Crippen molar-refractivity contribution in [2.75, 3.05) is 11.1 Å². The number of urea groups is 1. The molecule has 1 aromatic carbocycles. The highest BCUT2D eigenvalue weighted by molar-refractivity contribution is 5.94. The Morgan fingerprint density at radius 3 is 2.43 bits per heavy atom. The van der Waals surface area contributed by atoms with E-state index in [1.807, 2.05) is 0 Å². The Bertz CT molecular complexity index is 532. The highest BCUT2D eigenvalue weighted by Gasteiger charge is 2.20. The summed E-state index contributed by atoms with van der Waals surface area (Å²) in [6, 6.07) is 4.68. The van der Waals surface area contributed by atoms with Crippen molar-refractivity contribution in [2.24, 2.45) is 0 Å². The molecule has 0 fully saturated rings. The van der Waals surface area contributed by atoms with Crippen molar-refractivity contribution in [1.82, 2.24) is 5.32 Å². The average molecular weight is 295 g/mol. The molecule has 6 N–H and O–H groups in total. The second-order valence-corrected chi connectivity index (χ2v) is 4.36. The van der Waals surface area contributed by atoms with E-state index in [1.54, 1.807) is 24.3 Å². The molecule has 8 nitrogen and oxygen atoms in total. The zero-order valence-corrected chi connectivity index (χ0v) is 11.2. The lowest BCUT2D eigenvalue weighted by Gasteiger charge is -2.15. The first-order valence-corrected chi connectivity index (χ1v) is 6.26. The van der Waals surface area contributed by atoms with Crippen LogP contribution in [0.2, 0.25) is 0 Å². The molecule has 0 saturated carbocycles. The van der Waals surface area contributed by atoms with E-state index >= 15 is 0 Å². The van der Waals surface area contributed by atoms with Gasteiger partial charge >= 0.3 is 18.0 Å². The minimum atomic E-state index is -1.23. The molecule has 0 heterocycles. The van der Waals surface area contributed by atoms with Crippen LogP contribution >= 0.6 is 0 Å². The summed E-state index contributed by atoms with van der Waals surface area (Å²) >= 11 is 0. The molecule has 1 rings (SSSR count). The molecular weight excluding hydrogens is 278 g/mol. The van der Waals surface area contributed by atoms with Crippen molar-refractivity contribution in [2.45, 2.75) is 25.3 Å². The van der Waals surface area contributed by atoms with Crippen molar-refractivity contribution in [3.05, 3.63) is 24.3 Å². The standard InChI is InChI=1S/C13H17N3O5/c14-8-4-1-2-5-9(8)15-13(21)16-10(12(19)20)6-3-7-11(17)18/h1-2,4-5,10H,3,6-7,14H2,(H,17,18)(H,19,20)(H2,15,16,21)/t10-/m1/s1. The Kier molecular flexibility index (Phi) is 5.99. The fraction of sp³-hybridized carbons (Fsp3) is 0.308. The Morgan fingerprint density at radius 1 is 1.19 bits per heavy atom. The number of para-hydroxylation sites is 2. The molecule has 0 bridgehead atoms. The second-order valence-electron chi connectivity index (χ2n) is 4.36. The molecule has 0 aliphatic rings. The third-order valence-corrected chi connectivity index (χ3v) is 2.70. The van der Waals surface area contributed by atoms with Crippen LogP contribution in [0.15, 0.2) is 24.3 Å². The van der Waals surface area contributed by atoms with Crippen LogP contribution in [-0.2, 0) is 9.59 Å². The number of aliphatic carboxylic acids is 2. The number of carbonyl (C=O) groups is 3. The predicted octanol–water partition coefficient (Wildman–Crippen LogP) is 1.10. The molecule has 0 aromatic heterocycles. The van der Waals surface area contributed by atoms with E-state index < -0.39 is 24.0 Å². The van der Waals surface area contributed by atoms with Gasteiger partial charge in [0.2, 0.25) is 0 Å². The predicted molar refractivity (Wildman–Crippen MR) is 75.9 cm³/mol. The minimum Gasteiger partial charge on any atom is -0.481 e. The van der Waals surface area contributed by atoms with Gasteiger partial charge in [-0.25, -0.2) is 9.59 Å². The maximum Gasteiger partial charge on any atom is 0.326 e. The lowest BCUT2D eigenvalue weighted by Crippen LogP contribution is -2.43. The zero-order chi connectivity index (χ0) is 15.8. The van der Waals surface area contributed by atoms with Crippen LogP contribution in [0.25, 0.3) is 0 Å². The second kappa shape index (κ2) is 7.73. The lowest BCUT2D eigenvalue weighted by molar-refractivity contribution is -0.140. The van der Waals surface area contributed by atoms with Gasteiger partial charge in [0.05, 0.1) is 11.4 Å². The minimum absolute atomic E-state index is 0.0271. The van der Waals surface area contributed by atoms with E-state index in [9.17, 15) is 14.4 Å². The van der Waals surface area contributed by atoms with Crippen LogP contribution in [0.4, 0.5) is 16.2 Å². The molecule has 0 radical (unpaired) electrons. The fourth-order valence-corrected chi connectivity index (χ4v) is 1.64. The molecule has 0 aliphatic carbocycles. The van der Waals surface area contributed by atoms with Crippen molar-refractivity contribution in [3.8, 4) is 0 Å². The van der Waals surface area contributed by atoms with Crippen molar-refractivity contribution in [3.63, 3.8) is 0 Å². The molecular formula is C13H17N3O5. The smallest absolute Gasteiger partial charge is 0.326 e. The van der Waals surface area contributed by atoms with E-state index in [1.165, 1.54) is 0 Å². The third-order valence-electron chi connectivity index (χ3n) is 2.70. The first kappa shape index (κ1) is 16.3. The normalized spacial score (nSPS) is 11.4. The topological polar surface area (TPSA) is 142 Å². The monoisotopic (exact) mass is 295 g/mol. The maximum atomic E-state index is 11.7. The maximum absolute atomic E-state index is 11.7. The molecule has 0 spiro atoms. The summed E-state index contributed by atoms with van der Waals surface area (Å²) in [6.07, 6.45) is 0.0259. The number of carboxylic acid groups (broad SMARTS) is 2. The number of anilines is 2. The summed E-state index contributed by atoms with van der Waals surface area (Å²) in [5.41, 5.74) is 6.37. The zero-order valence-electron chi connectivity index (χ0n) is 11.2. The number of nitrogen functional groups attached to an aromatic ring is 1. The van der Waals surface area contributed by atoms with Gasteiger partial charge in [0.15, 0.2) is 0 Å². The SMILES string of the molecule is Nc1ccccc1NC(=O)N[C@H](CCCC(=O)O)C(=O)O. The van der Waals surface area contributed by atoms with Gasteiger partial charge in [0.25, 0.3) is 0 Å². The van der Waals surface area contributed by atoms with Gasteiger partial charge in [0, 0.05) is 6.42 Å². The Labute approximate surface area is 120 Å². The Morgan fingerprint density at radius 2 is 1.86 bits per heavy atom. The summed E-state index contributed by atoms with van der Waals surface area (Å²) in [6.45, 7) is 0. The summed E-state index contributed by atoms with van der Waals surface area (Å²) in [4.78, 5) is 33.1. The average Bonchev–Trinajstić information content (AvgIpc) is 2.39. The van der Waals surface area contributed by atoms with Gasteiger partial charge < -0.3 is 26.6 Å². The van der Waals surface area contributed by atoms with Gasteiger partial charge in [-0.3, -0.25) is 4.79 Å². The van der Waals surface area contributed by atoms with Crippen LogP contribution < -0.4 is 16.4 Å². The van der Waals surface area contributed by atoms with Gasteiger partial charge in [0.1, 0.15) is 6.04 Å². The molecule has 21 heavy (non-hydrogen) atoms. The number of benzene rings is 1. The summed E-state index contributed by atoms with van der Waals surface area (Å²) < 4.78 is 0. The number of rotatable bonds is 7. The fourth-order valence-electron chi connectivity index (χ4n) is 1.64. The van der Waals surface area contributed by atoms with E-state index in [4.69, 9.17) is 15.9 Å². The van der Waals surface area contributed by atoms with Crippen LogP contribution in [-0.4, -0.2) is 34.2 Å². The number of carbonyl (C=O) groups excluding carboxylic acids is 1. The summed E-state index contributed by atoms with van der Waals surface area (Å²) in [7, 11) is 0. The van der Waals surface area contributed by atoms with Crippen molar-refractivity contribution >= 4 is 29.3 Å². The molecule has 0 aliphatic heterocycles. The van der Waals surface area contributed by atoms with Crippen molar-refractivity contribution < 1.29 is 24.6 Å². The Hall–Kier alpha value is -2.77. The van der Waals surface area contributed by atoms with Gasteiger partial charge in [-0.15, -0.1) is 0 Å². The van der Waals surface area contributed by atoms with Gasteiger partial charge in [-0.05, 0) is 25.0 Å². The molecule has 0 unspecified atom stereocenters. The lowest BCUT2D eigenvalue weighted by atomic mass is 10.1. The summed E-state index contributed by atoms with van der Waals surface area (Å²) in [5.74, 6) is -2.24. The van der Waals surface area contributed by atoms with Gasteiger partial charge in [-0.2, -0.15) is 0 Å². The first-order chi connectivity index (χ1) is 9.90. The highest BCUT2D eigenvalue weighted by atomic mass is 16.4. The molecule has 0 saturated heterocycles. The van der Waals surface area contributed by atoms with E-state index in [0.29, 0.717) is 11.4 Å². The number of nitrogens with one attached hydrogen (secondary N) is 2. The van der Waals surface area contributed by atoms with E-state index in [0.717, 1.165) is 0 Å². The van der Waals surface area contributed by atoms with Gasteiger partial charge in [-0.1, -0.05) is 12.1 Å². The van der Waals surface area contributed by atoms with Crippen LogP contribution in [0, 0.1) is 0 Å². The van der Waals surface area contributed by atoms with Crippen molar-refractivity contribution in [1.29, 1.82) is 0 Å². The third kappa shape index (κ3) is 5.81. The van der Waals surface area contributed by atoms with E-state index in [2.05, 4.69) is 10.6 Å². The number of carboxylic acids is 2. The molecule has 1 atom stereocenters. The number of nitrogens with two attached hydrogens (primary N) is 1. The van der Waals surface area contributed by atoms with E-state index in [-0.39, 0.29) is 19.3 Å². The molecule has 114 valence electrons. The molecule has 1 aromatic rings. The van der Waals surface area contributed by atoms with Crippen LogP contribution in [0.5, 0.6) is 0 Å². The quantitative estimate of drug-likeness (QED) is 0.477. The summed E-state index contributed by atoms with van der Waals surface area (Å²) in [5, 5.41) is 22.2.